The van der Waals surface area contributed by atoms with E-state index in [1.807, 2.05) is 0 Å². The van der Waals surface area contributed by atoms with E-state index in [0.717, 1.165) is 30.4 Å². The van der Waals surface area contributed by atoms with Crippen LogP contribution in [0.15, 0.2) is 18.2 Å². The minimum absolute atomic E-state index is 0.176. The van der Waals surface area contributed by atoms with Gasteiger partial charge in [-0.15, -0.1) is 11.6 Å². The number of aryl methyl sites for hydroxylation is 2. The van der Waals surface area contributed by atoms with Gasteiger partial charge in [-0.25, -0.2) is 0 Å². The molecule has 1 aromatic rings. The van der Waals surface area contributed by atoms with E-state index in [1.54, 1.807) is 6.07 Å². The summed E-state index contributed by atoms with van der Waals surface area (Å²) in [6.07, 6.45) is -2.19. The van der Waals surface area contributed by atoms with E-state index in [4.69, 9.17) is 11.6 Å². The van der Waals surface area contributed by atoms with Gasteiger partial charge in [0.1, 0.15) is 5.38 Å². The van der Waals surface area contributed by atoms with Crippen LogP contribution in [0.3, 0.4) is 0 Å². The van der Waals surface area contributed by atoms with Crippen LogP contribution in [-0.4, -0.2) is 12.1 Å². The normalized spacial score (nSPS) is 18.0. The van der Waals surface area contributed by atoms with Crippen molar-refractivity contribution in [2.75, 3.05) is 0 Å². The maximum Gasteiger partial charge on any atom is 0.455 e. The fourth-order valence-corrected chi connectivity index (χ4v) is 2.52. The number of hydrogen-bond acceptors (Lipinski definition) is 0. The molecular weight excluding hydrogens is 287 g/mol. The summed E-state index contributed by atoms with van der Waals surface area (Å²) >= 11 is 5.36. The van der Waals surface area contributed by atoms with Crippen molar-refractivity contribution in [3.05, 3.63) is 34.9 Å². The van der Waals surface area contributed by atoms with Crippen molar-refractivity contribution in [1.82, 2.24) is 0 Å². The Morgan fingerprint density at radius 3 is 2.11 bits per heavy atom. The monoisotopic (exact) mass is 298 g/mol. The number of hydrogen-bond donors (Lipinski definition) is 0. The third kappa shape index (κ3) is 2.71. The number of benzene rings is 1. The van der Waals surface area contributed by atoms with Gasteiger partial charge in [0.2, 0.25) is 0 Å². The van der Waals surface area contributed by atoms with Crippen molar-refractivity contribution in [3.63, 3.8) is 0 Å². The molecule has 0 spiro atoms. The Morgan fingerprint density at radius 1 is 0.947 bits per heavy atom. The molecule has 0 radical (unpaired) electrons. The van der Waals surface area contributed by atoms with E-state index in [1.165, 1.54) is 12.1 Å². The highest BCUT2D eigenvalue weighted by Crippen LogP contribution is 2.48. The molecule has 0 bridgehead atoms. The molecule has 0 nitrogen and oxygen atoms in total. The van der Waals surface area contributed by atoms with E-state index >= 15 is 0 Å². The molecule has 1 aromatic carbocycles. The van der Waals surface area contributed by atoms with E-state index in [-0.39, 0.29) is 5.56 Å². The SMILES string of the molecule is FC(F)(F)C(F)(F)C(Cl)c1ccc2c(c1)CCCC2. The van der Waals surface area contributed by atoms with Gasteiger partial charge in [0, 0.05) is 0 Å². The summed E-state index contributed by atoms with van der Waals surface area (Å²) in [5.74, 6) is -4.93. The molecule has 0 saturated carbocycles. The molecule has 0 fully saturated rings. The van der Waals surface area contributed by atoms with Gasteiger partial charge in [-0.05, 0) is 42.4 Å². The van der Waals surface area contributed by atoms with Crippen molar-refractivity contribution in [2.45, 2.75) is 43.2 Å². The van der Waals surface area contributed by atoms with Gasteiger partial charge >= 0.3 is 12.1 Å². The van der Waals surface area contributed by atoms with Crippen LogP contribution in [0.1, 0.15) is 34.9 Å². The summed E-state index contributed by atoms with van der Waals surface area (Å²) < 4.78 is 63.2. The lowest BCUT2D eigenvalue weighted by molar-refractivity contribution is -0.283. The highest BCUT2D eigenvalue weighted by atomic mass is 35.5. The number of fused-ring (bicyclic) bond motifs is 1. The fourth-order valence-electron chi connectivity index (χ4n) is 2.26. The average Bonchev–Trinajstić information content (AvgIpc) is 2.36. The molecule has 0 heterocycles. The zero-order valence-corrected chi connectivity index (χ0v) is 10.7. The number of halogens is 6. The Morgan fingerprint density at radius 2 is 1.53 bits per heavy atom. The quantitative estimate of drug-likeness (QED) is 0.530. The zero-order chi connectivity index (χ0) is 14.3. The van der Waals surface area contributed by atoms with Crippen LogP contribution in [0.5, 0.6) is 0 Å². The summed E-state index contributed by atoms with van der Waals surface area (Å²) in [5, 5.41) is -2.39. The fraction of sp³-hybridized carbons (Fsp3) is 0.538. The lowest BCUT2D eigenvalue weighted by Crippen LogP contribution is -2.40. The molecule has 1 aliphatic rings. The highest BCUT2D eigenvalue weighted by molar-refractivity contribution is 6.21. The summed E-state index contributed by atoms with van der Waals surface area (Å²) in [4.78, 5) is 0. The van der Waals surface area contributed by atoms with E-state index < -0.39 is 17.5 Å². The third-order valence-electron chi connectivity index (χ3n) is 3.36. The van der Waals surface area contributed by atoms with Crippen molar-refractivity contribution < 1.29 is 22.0 Å². The van der Waals surface area contributed by atoms with Crippen LogP contribution in [0, 0.1) is 0 Å². The van der Waals surface area contributed by atoms with Crippen LogP contribution in [0.4, 0.5) is 22.0 Å². The lowest BCUT2D eigenvalue weighted by Gasteiger charge is -2.25. The van der Waals surface area contributed by atoms with E-state index in [2.05, 4.69) is 0 Å². The molecule has 1 aliphatic carbocycles. The Labute approximate surface area is 112 Å². The van der Waals surface area contributed by atoms with Crippen LogP contribution < -0.4 is 0 Å². The van der Waals surface area contributed by atoms with Gasteiger partial charge < -0.3 is 0 Å². The molecular formula is C13H12ClF5. The van der Waals surface area contributed by atoms with Crippen LogP contribution in [0.2, 0.25) is 0 Å². The van der Waals surface area contributed by atoms with Gasteiger partial charge in [0.05, 0.1) is 0 Å². The number of alkyl halides is 6. The first-order valence-electron chi connectivity index (χ1n) is 5.94. The second-order valence-corrected chi connectivity index (χ2v) is 5.15. The van der Waals surface area contributed by atoms with Gasteiger partial charge in [-0.3, -0.25) is 0 Å². The lowest BCUT2D eigenvalue weighted by atomic mass is 9.89. The summed E-state index contributed by atoms with van der Waals surface area (Å²) in [6.45, 7) is 0. The predicted octanol–water partition coefficient (Wildman–Crippen LogP) is 5.04. The van der Waals surface area contributed by atoms with Crippen molar-refractivity contribution >= 4 is 11.6 Å². The largest absolute Gasteiger partial charge is 0.455 e. The second-order valence-electron chi connectivity index (χ2n) is 4.72. The van der Waals surface area contributed by atoms with Crippen molar-refractivity contribution in [3.8, 4) is 0 Å². The summed E-state index contributed by atoms with van der Waals surface area (Å²) in [6, 6.07) is 4.25. The van der Waals surface area contributed by atoms with Crippen LogP contribution in [0.25, 0.3) is 0 Å². The summed E-state index contributed by atoms with van der Waals surface area (Å²) in [5.41, 5.74) is 1.66. The van der Waals surface area contributed by atoms with E-state index in [9.17, 15) is 22.0 Å². The smallest absolute Gasteiger partial charge is 0.194 e. The second kappa shape index (κ2) is 4.93. The number of rotatable bonds is 2. The molecule has 0 N–H and O–H groups in total. The first-order valence-corrected chi connectivity index (χ1v) is 6.37. The molecule has 19 heavy (non-hydrogen) atoms. The molecule has 0 amide bonds. The molecule has 1 unspecified atom stereocenters. The molecule has 0 saturated heterocycles. The predicted molar refractivity (Wildman–Crippen MR) is 62.7 cm³/mol. The van der Waals surface area contributed by atoms with Gasteiger partial charge in [0.25, 0.3) is 0 Å². The minimum Gasteiger partial charge on any atom is -0.194 e. The van der Waals surface area contributed by atoms with Crippen LogP contribution in [-0.2, 0) is 12.8 Å². The van der Waals surface area contributed by atoms with Crippen molar-refractivity contribution in [2.24, 2.45) is 0 Å². The maximum absolute atomic E-state index is 13.2. The molecule has 0 aliphatic heterocycles. The average molecular weight is 299 g/mol. The molecule has 2 rings (SSSR count). The van der Waals surface area contributed by atoms with Gasteiger partial charge in [0.15, 0.2) is 0 Å². The minimum atomic E-state index is -5.64. The van der Waals surface area contributed by atoms with Crippen LogP contribution >= 0.6 is 11.6 Å². The molecule has 6 heteroatoms. The van der Waals surface area contributed by atoms with Gasteiger partial charge in [-0.2, -0.15) is 22.0 Å². The van der Waals surface area contributed by atoms with Crippen molar-refractivity contribution in [1.29, 1.82) is 0 Å². The Hall–Kier alpha value is -0.840. The maximum atomic E-state index is 13.2. The summed E-state index contributed by atoms with van der Waals surface area (Å²) in [7, 11) is 0. The topological polar surface area (TPSA) is 0 Å². The third-order valence-corrected chi connectivity index (χ3v) is 3.89. The molecule has 1 atom stereocenters. The first-order chi connectivity index (χ1) is 8.73. The zero-order valence-electron chi connectivity index (χ0n) is 9.91. The first kappa shape index (κ1) is 14.6. The van der Waals surface area contributed by atoms with E-state index in [0.29, 0.717) is 6.42 Å². The standard InChI is InChI=1S/C13H12ClF5/c14-11(12(15,16)13(17,18)19)10-6-5-8-3-1-2-4-9(8)7-10/h5-7,11H,1-4H2. The van der Waals surface area contributed by atoms with Gasteiger partial charge in [-0.1, -0.05) is 18.2 Å². The Bertz CT molecular complexity index is 467. The molecule has 0 aromatic heterocycles. The Balaban J connectivity index is 2.32. The highest BCUT2D eigenvalue weighted by Gasteiger charge is 2.62. The Kier molecular flexibility index (Phi) is 3.78. The molecule has 106 valence electrons.